The van der Waals surface area contributed by atoms with E-state index in [0.29, 0.717) is 0 Å². The summed E-state index contributed by atoms with van der Waals surface area (Å²) in [7, 11) is 2.27. The van der Waals surface area contributed by atoms with Crippen molar-refractivity contribution in [2.45, 2.75) is 44.7 Å². The van der Waals surface area contributed by atoms with Crippen molar-refractivity contribution >= 4 is 11.4 Å². The lowest BCUT2D eigenvalue weighted by molar-refractivity contribution is 0.176. The van der Waals surface area contributed by atoms with Gasteiger partial charge in [0.1, 0.15) is 0 Å². The van der Waals surface area contributed by atoms with Gasteiger partial charge in [-0.3, -0.25) is 0 Å². The van der Waals surface area contributed by atoms with Crippen molar-refractivity contribution in [1.82, 2.24) is 4.90 Å². The van der Waals surface area contributed by atoms with E-state index < -0.39 is 0 Å². The van der Waals surface area contributed by atoms with Crippen molar-refractivity contribution < 1.29 is 0 Å². The maximum Gasteiger partial charge on any atom is 0.0421 e. The van der Waals surface area contributed by atoms with Crippen LogP contribution in [-0.2, 0) is 13.0 Å². The maximum absolute atomic E-state index is 6.05. The van der Waals surface area contributed by atoms with E-state index in [2.05, 4.69) is 47.6 Å². The molecule has 3 nitrogen and oxygen atoms in total. The van der Waals surface area contributed by atoms with Crippen molar-refractivity contribution in [1.29, 1.82) is 0 Å². The fourth-order valence-electron chi connectivity index (χ4n) is 3.63. The Balaban J connectivity index is 1.61. The topological polar surface area (TPSA) is 41.3 Å². The Morgan fingerprint density at radius 3 is 2.58 bits per heavy atom. The molecule has 1 aliphatic heterocycles. The summed E-state index contributed by atoms with van der Waals surface area (Å²) >= 11 is 0. The van der Waals surface area contributed by atoms with E-state index in [-0.39, 0.29) is 0 Å². The first-order valence-electron chi connectivity index (χ1n) is 9.09. The number of para-hydroxylation sites is 2. The van der Waals surface area contributed by atoms with Crippen molar-refractivity contribution in [2.24, 2.45) is 0 Å². The lowest BCUT2D eigenvalue weighted by Gasteiger charge is -2.32. The Kier molecular flexibility index (Phi) is 5.76. The summed E-state index contributed by atoms with van der Waals surface area (Å²) in [5.41, 5.74) is 10.7. The average molecular weight is 323 g/mol. The third kappa shape index (κ3) is 4.30. The standard InChI is InChI=1S/C21H29N3/c1-24-15-7-6-10-19(24)14-13-17-8-3-5-12-21(17)23-16-18-9-2-4-11-20(18)22/h2-5,8-9,11-12,19,23H,6-7,10,13-16,22H2,1H3. The highest BCUT2D eigenvalue weighted by atomic mass is 15.1. The van der Waals surface area contributed by atoms with Gasteiger partial charge in [-0.15, -0.1) is 0 Å². The smallest absolute Gasteiger partial charge is 0.0421 e. The van der Waals surface area contributed by atoms with E-state index in [1.165, 1.54) is 43.5 Å². The Morgan fingerprint density at radius 2 is 1.79 bits per heavy atom. The van der Waals surface area contributed by atoms with Crippen LogP contribution in [0.5, 0.6) is 0 Å². The molecule has 0 saturated carbocycles. The molecule has 1 saturated heterocycles. The van der Waals surface area contributed by atoms with Gasteiger partial charge in [-0.1, -0.05) is 42.8 Å². The van der Waals surface area contributed by atoms with Gasteiger partial charge in [0.2, 0.25) is 0 Å². The van der Waals surface area contributed by atoms with E-state index in [0.717, 1.165) is 30.3 Å². The van der Waals surface area contributed by atoms with Crippen molar-refractivity contribution in [3.05, 3.63) is 59.7 Å². The number of nitrogens with two attached hydrogens (primary N) is 1. The zero-order valence-corrected chi connectivity index (χ0v) is 14.7. The molecular formula is C21H29N3. The summed E-state index contributed by atoms with van der Waals surface area (Å²) in [6, 6.07) is 17.5. The Labute approximate surface area is 145 Å². The molecule has 0 radical (unpaired) electrons. The van der Waals surface area contributed by atoms with Crippen LogP contribution in [0.4, 0.5) is 11.4 Å². The molecule has 1 heterocycles. The largest absolute Gasteiger partial charge is 0.398 e. The van der Waals surface area contributed by atoms with Gasteiger partial charge in [-0.25, -0.2) is 0 Å². The second kappa shape index (κ2) is 8.20. The molecule has 24 heavy (non-hydrogen) atoms. The Hall–Kier alpha value is -2.00. The number of nitrogens with zero attached hydrogens (tertiary/aromatic N) is 1. The third-order valence-electron chi connectivity index (χ3n) is 5.21. The quantitative estimate of drug-likeness (QED) is 0.779. The molecule has 1 unspecified atom stereocenters. The molecule has 1 fully saturated rings. The van der Waals surface area contributed by atoms with Crippen LogP contribution in [0.15, 0.2) is 48.5 Å². The molecule has 1 aliphatic rings. The SMILES string of the molecule is CN1CCCCC1CCc1ccccc1NCc1ccccc1N. The Morgan fingerprint density at radius 1 is 1.04 bits per heavy atom. The van der Waals surface area contributed by atoms with Crippen molar-refractivity contribution in [2.75, 3.05) is 24.6 Å². The summed E-state index contributed by atoms with van der Waals surface area (Å²) in [6.45, 7) is 2.02. The molecule has 0 aromatic heterocycles. The first-order valence-corrected chi connectivity index (χ1v) is 9.09. The summed E-state index contributed by atoms with van der Waals surface area (Å²) < 4.78 is 0. The first-order chi connectivity index (χ1) is 11.7. The van der Waals surface area contributed by atoms with Crippen LogP contribution >= 0.6 is 0 Å². The number of hydrogen-bond acceptors (Lipinski definition) is 3. The molecule has 2 aromatic carbocycles. The summed E-state index contributed by atoms with van der Waals surface area (Å²) in [4.78, 5) is 2.53. The second-order valence-corrected chi connectivity index (χ2v) is 6.88. The monoisotopic (exact) mass is 323 g/mol. The number of aryl methyl sites for hydroxylation is 1. The number of benzene rings is 2. The molecule has 0 aliphatic carbocycles. The van der Waals surface area contributed by atoms with Gasteiger partial charge in [0.15, 0.2) is 0 Å². The Bertz CT molecular complexity index is 653. The number of nitrogen functional groups attached to an aromatic ring is 1. The highest BCUT2D eigenvalue weighted by Crippen LogP contribution is 2.23. The molecule has 3 rings (SSSR count). The highest BCUT2D eigenvalue weighted by molar-refractivity contribution is 5.54. The van der Waals surface area contributed by atoms with Crippen molar-refractivity contribution in [3.8, 4) is 0 Å². The minimum absolute atomic E-state index is 0.733. The van der Waals surface area contributed by atoms with E-state index >= 15 is 0 Å². The van der Waals surface area contributed by atoms with Gasteiger partial charge in [-0.2, -0.15) is 0 Å². The number of piperidine rings is 1. The molecule has 3 heteroatoms. The van der Waals surface area contributed by atoms with Crippen LogP contribution in [-0.4, -0.2) is 24.5 Å². The van der Waals surface area contributed by atoms with Crippen LogP contribution < -0.4 is 11.1 Å². The van der Waals surface area contributed by atoms with Gasteiger partial charge < -0.3 is 16.0 Å². The number of hydrogen-bond donors (Lipinski definition) is 2. The average Bonchev–Trinajstić information content (AvgIpc) is 2.61. The van der Waals surface area contributed by atoms with Gasteiger partial charge in [0.05, 0.1) is 0 Å². The third-order valence-corrected chi connectivity index (χ3v) is 5.21. The molecule has 2 aromatic rings. The van der Waals surface area contributed by atoms with Crippen molar-refractivity contribution in [3.63, 3.8) is 0 Å². The maximum atomic E-state index is 6.05. The first kappa shape index (κ1) is 16.8. The number of anilines is 2. The van der Waals surface area contributed by atoms with E-state index in [4.69, 9.17) is 5.73 Å². The molecule has 0 bridgehead atoms. The van der Waals surface area contributed by atoms with E-state index in [1.807, 2.05) is 18.2 Å². The molecule has 0 amide bonds. The number of likely N-dealkylation sites (tertiary alicyclic amines) is 1. The highest BCUT2D eigenvalue weighted by Gasteiger charge is 2.18. The fraction of sp³-hybridized carbons (Fsp3) is 0.429. The molecule has 128 valence electrons. The van der Waals surface area contributed by atoms with Gasteiger partial charge in [0.25, 0.3) is 0 Å². The predicted octanol–water partition coefficient (Wildman–Crippen LogP) is 4.30. The fourth-order valence-corrected chi connectivity index (χ4v) is 3.63. The zero-order valence-electron chi connectivity index (χ0n) is 14.7. The summed E-state index contributed by atoms with van der Waals surface area (Å²) in [5.74, 6) is 0. The van der Waals surface area contributed by atoms with Gasteiger partial charge >= 0.3 is 0 Å². The number of rotatable bonds is 6. The normalized spacial score (nSPS) is 18.5. The van der Waals surface area contributed by atoms with Gasteiger partial charge in [0, 0.05) is 24.0 Å². The van der Waals surface area contributed by atoms with Crippen LogP contribution in [0.25, 0.3) is 0 Å². The predicted molar refractivity (Wildman–Crippen MR) is 103 cm³/mol. The molecular weight excluding hydrogens is 294 g/mol. The summed E-state index contributed by atoms with van der Waals surface area (Å²) in [6.07, 6.45) is 6.43. The second-order valence-electron chi connectivity index (χ2n) is 6.88. The van der Waals surface area contributed by atoms with Crippen LogP contribution in [0, 0.1) is 0 Å². The lowest BCUT2D eigenvalue weighted by atomic mass is 9.96. The van der Waals surface area contributed by atoms with E-state index in [1.54, 1.807) is 0 Å². The lowest BCUT2D eigenvalue weighted by Crippen LogP contribution is -2.36. The molecule has 0 spiro atoms. The minimum atomic E-state index is 0.733. The van der Waals surface area contributed by atoms with E-state index in [9.17, 15) is 0 Å². The van der Waals surface area contributed by atoms with Crippen LogP contribution in [0.3, 0.4) is 0 Å². The minimum Gasteiger partial charge on any atom is -0.398 e. The summed E-state index contributed by atoms with van der Waals surface area (Å²) in [5, 5.41) is 3.58. The molecule has 1 atom stereocenters. The van der Waals surface area contributed by atoms with Gasteiger partial charge in [-0.05, 0) is 62.5 Å². The van der Waals surface area contributed by atoms with Crippen LogP contribution in [0.1, 0.15) is 36.8 Å². The molecule has 3 N–H and O–H groups in total. The van der Waals surface area contributed by atoms with Crippen LogP contribution in [0.2, 0.25) is 0 Å². The zero-order chi connectivity index (χ0) is 16.8. The number of nitrogens with one attached hydrogen (secondary N) is 1.